The third-order valence-electron chi connectivity index (χ3n) is 14.2. The molecule has 2 unspecified atom stereocenters. The van der Waals surface area contributed by atoms with E-state index in [1.54, 1.807) is 116 Å². The van der Waals surface area contributed by atoms with Gasteiger partial charge in [-0.15, -0.1) is 0 Å². The minimum atomic E-state index is -1.60. The lowest BCUT2D eigenvalue weighted by molar-refractivity contribution is -0.298. The van der Waals surface area contributed by atoms with Gasteiger partial charge in [-0.2, -0.15) is 0 Å². The molecule has 2 aliphatic rings. The molecule has 16 heteroatoms. The summed E-state index contributed by atoms with van der Waals surface area (Å²) in [5.74, 6) is -2.08. The van der Waals surface area contributed by atoms with Crippen LogP contribution < -0.4 is 9.47 Å². The lowest BCUT2D eigenvalue weighted by Crippen LogP contribution is -2.63. The molecule has 0 radical (unpaired) electrons. The summed E-state index contributed by atoms with van der Waals surface area (Å²) >= 11 is 0. The van der Waals surface area contributed by atoms with Crippen molar-refractivity contribution in [3.05, 3.63) is 239 Å². The number of nitrogens with zero attached hydrogens (tertiary/aromatic N) is 1. The second-order valence-corrected chi connectivity index (χ2v) is 19.4. The van der Waals surface area contributed by atoms with Crippen molar-refractivity contribution in [2.24, 2.45) is 0 Å². The van der Waals surface area contributed by atoms with Crippen molar-refractivity contribution in [2.45, 2.75) is 74.1 Å². The standard InChI is InChI=1S/C65H63NO15/c1-73-52-35-31-49(32-36-52)65(48-28-16-7-17-29-48,50-33-37-53(74-2)38-34-50)81-54-40-51(42-67)66(41-54)56(68)30-18-19-39-75-64-59(80-63(72)47-26-14-6-15-27-47)58(79-62(71)46-24-12-5-13-25-46)57(78-61(70)45-22-10-4-11-23-45)55(77-64)43-76-60(69)44-20-8-3-9-21-44/h3-17,20-29,31-38,51,54-55,57-59,64,67H,18-19,30,39-43H2,1-2H3/t51-,54-,55?,57-,58-,59?,64+/m0/s1. The van der Waals surface area contributed by atoms with Crippen molar-refractivity contribution in [3.8, 4) is 11.5 Å². The zero-order valence-corrected chi connectivity index (χ0v) is 44.9. The number of rotatable bonds is 23. The smallest absolute Gasteiger partial charge is 0.338 e. The van der Waals surface area contributed by atoms with E-state index >= 15 is 0 Å². The highest BCUT2D eigenvalue weighted by atomic mass is 16.7. The molecule has 2 saturated heterocycles. The Balaban J connectivity index is 0.948. The Hall–Kier alpha value is -8.67. The van der Waals surface area contributed by atoms with Gasteiger partial charge < -0.3 is 52.6 Å². The van der Waals surface area contributed by atoms with E-state index in [4.69, 9.17) is 42.6 Å². The van der Waals surface area contributed by atoms with Crippen LogP contribution in [0.3, 0.4) is 0 Å². The summed E-state index contributed by atoms with van der Waals surface area (Å²) in [6.07, 6.45) is -7.08. The van der Waals surface area contributed by atoms with Crippen LogP contribution in [0.1, 0.15) is 83.8 Å². The van der Waals surface area contributed by atoms with Crippen molar-refractivity contribution in [1.29, 1.82) is 0 Å². The van der Waals surface area contributed by atoms with Gasteiger partial charge in [-0.3, -0.25) is 4.79 Å². The van der Waals surface area contributed by atoms with E-state index in [1.807, 2.05) is 78.9 Å². The first-order valence-electron chi connectivity index (χ1n) is 26.8. The van der Waals surface area contributed by atoms with Gasteiger partial charge in [-0.1, -0.05) is 127 Å². The predicted octanol–water partition coefficient (Wildman–Crippen LogP) is 9.42. The number of aliphatic hydroxyl groups is 1. The molecule has 418 valence electrons. The first-order valence-corrected chi connectivity index (χ1v) is 26.8. The molecule has 1 amide bonds. The van der Waals surface area contributed by atoms with Gasteiger partial charge >= 0.3 is 23.9 Å². The van der Waals surface area contributed by atoms with E-state index in [2.05, 4.69) is 0 Å². The van der Waals surface area contributed by atoms with E-state index in [1.165, 1.54) is 24.3 Å². The third-order valence-corrected chi connectivity index (χ3v) is 14.2. The van der Waals surface area contributed by atoms with E-state index in [-0.39, 0.29) is 60.8 Å². The number of hydrogen-bond donors (Lipinski definition) is 1. The van der Waals surface area contributed by atoms with Crippen molar-refractivity contribution in [1.82, 2.24) is 4.90 Å². The van der Waals surface area contributed by atoms with Crippen LogP contribution in [0.5, 0.6) is 11.5 Å². The molecule has 16 nitrogen and oxygen atoms in total. The van der Waals surface area contributed by atoms with Crippen LogP contribution in [-0.4, -0.2) is 123 Å². The van der Waals surface area contributed by atoms with Crippen molar-refractivity contribution in [3.63, 3.8) is 0 Å². The Bertz CT molecular complexity index is 3100. The van der Waals surface area contributed by atoms with Gasteiger partial charge in [0.25, 0.3) is 0 Å². The zero-order valence-electron chi connectivity index (χ0n) is 44.9. The van der Waals surface area contributed by atoms with Crippen LogP contribution in [0.25, 0.3) is 0 Å². The number of hydrogen-bond acceptors (Lipinski definition) is 15. The maximum Gasteiger partial charge on any atom is 0.338 e. The second-order valence-electron chi connectivity index (χ2n) is 19.4. The molecule has 7 aromatic carbocycles. The topological polar surface area (TPSA) is 192 Å². The first-order chi connectivity index (χ1) is 39.6. The Morgan fingerprint density at radius 3 is 1.43 bits per heavy atom. The maximum absolute atomic E-state index is 14.3. The molecule has 0 saturated carbocycles. The largest absolute Gasteiger partial charge is 0.497 e. The molecule has 0 aromatic heterocycles. The summed E-state index contributed by atoms with van der Waals surface area (Å²) in [5, 5.41) is 10.8. The molecule has 7 atom stereocenters. The summed E-state index contributed by atoms with van der Waals surface area (Å²) in [6, 6.07) is 57.2. The van der Waals surface area contributed by atoms with Crippen LogP contribution in [-0.2, 0) is 43.6 Å². The summed E-state index contributed by atoms with van der Waals surface area (Å²) in [4.78, 5) is 71.4. The van der Waals surface area contributed by atoms with E-state index in [0.29, 0.717) is 24.3 Å². The summed E-state index contributed by atoms with van der Waals surface area (Å²) in [6.45, 7) is -0.687. The molecule has 2 fully saturated rings. The Morgan fingerprint density at radius 2 is 0.963 bits per heavy atom. The normalized spacial score (nSPS) is 19.6. The Morgan fingerprint density at radius 1 is 0.531 bits per heavy atom. The molecule has 81 heavy (non-hydrogen) atoms. The van der Waals surface area contributed by atoms with E-state index in [0.717, 1.165) is 16.7 Å². The van der Waals surface area contributed by atoms with Crippen molar-refractivity contribution >= 4 is 29.8 Å². The number of carbonyl (C=O) groups is 5. The molecule has 0 spiro atoms. The number of unbranched alkanes of at least 4 members (excludes halogenated alkanes) is 1. The highest BCUT2D eigenvalue weighted by molar-refractivity contribution is 5.91. The molecule has 9 rings (SSSR count). The van der Waals surface area contributed by atoms with Crippen molar-refractivity contribution < 1.29 is 71.7 Å². The van der Waals surface area contributed by atoms with Gasteiger partial charge in [-0.05, 0) is 109 Å². The number of aliphatic hydroxyl groups excluding tert-OH is 1. The number of benzene rings is 7. The van der Waals surface area contributed by atoms with Gasteiger partial charge in [-0.25, -0.2) is 19.2 Å². The van der Waals surface area contributed by atoms with Gasteiger partial charge in [0.05, 0.1) is 55.2 Å². The molecular formula is C65H63NO15. The number of amides is 1. The molecule has 7 aromatic rings. The lowest BCUT2D eigenvalue weighted by Gasteiger charge is -2.44. The molecule has 2 aliphatic heterocycles. The fourth-order valence-corrected chi connectivity index (χ4v) is 10.1. The number of methoxy groups -OCH3 is 2. The first kappa shape index (κ1) is 57.0. The van der Waals surface area contributed by atoms with Crippen LogP contribution in [0, 0.1) is 0 Å². The van der Waals surface area contributed by atoms with E-state index < -0.39 is 78.9 Å². The highest BCUT2D eigenvalue weighted by Gasteiger charge is 2.54. The van der Waals surface area contributed by atoms with Gasteiger partial charge in [0.15, 0.2) is 24.6 Å². The predicted molar refractivity (Wildman–Crippen MR) is 297 cm³/mol. The van der Waals surface area contributed by atoms with Crippen LogP contribution in [0.15, 0.2) is 200 Å². The fourth-order valence-electron chi connectivity index (χ4n) is 10.1. The third kappa shape index (κ3) is 13.9. The summed E-state index contributed by atoms with van der Waals surface area (Å²) in [5.41, 5.74) is 2.04. The van der Waals surface area contributed by atoms with Crippen molar-refractivity contribution in [2.75, 3.05) is 40.6 Å². The fraction of sp³-hybridized carbons (Fsp3) is 0.277. The molecule has 0 aliphatic carbocycles. The lowest BCUT2D eigenvalue weighted by atomic mass is 9.79. The molecule has 1 N–H and O–H groups in total. The van der Waals surface area contributed by atoms with Crippen LogP contribution in [0.4, 0.5) is 0 Å². The molecule has 0 bridgehead atoms. The minimum Gasteiger partial charge on any atom is -0.497 e. The number of esters is 4. The number of carbonyl (C=O) groups excluding carboxylic acids is 5. The van der Waals surface area contributed by atoms with Gasteiger partial charge in [0, 0.05) is 19.6 Å². The average molecular weight is 1100 g/mol. The molecule has 2 heterocycles. The van der Waals surface area contributed by atoms with E-state index in [9.17, 15) is 29.1 Å². The monoisotopic (exact) mass is 1100 g/mol. The maximum atomic E-state index is 14.3. The number of likely N-dealkylation sites (tertiary alicyclic amines) is 1. The average Bonchev–Trinajstić information content (AvgIpc) is 4.16. The highest BCUT2D eigenvalue weighted by Crippen LogP contribution is 2.44. The zero-order chi connectivity index (χ0) is 56.6. The van der Waals surface area contributed by atoms with Gasteiger partial charge in [0.2, 0.25) is 5.91 Å². The Kier molecular flexibility index (Phi) is 19.3. The minimum absolute atomic E-state index is 0.0677. The molecular weight excluding hydrogens is 1030 g/mol. The summed E-state index contributed by atoms with van der Waals surface area (Å²) < 4.78 is 55.6. The second kappa shape index (κ2) is 27.5. The van der Waals surface area contributed by atoms with Crippen LogP contribution in [0.2, 0.25) is 0 Å². The summed E-state index contributed by atoms with van der Waals surface area (Å²) in [7, 11) is 3.21. The number of ether oxygens (including phenoxy) is 9. The van der Waals surface area contributed by atoms with Crippen LogP contribution >= 0.6 is 0 Å². The quantitative estimate of drug-likeness (QED) is 0.0276. The van der Waals surface area contributed by atoms with Gasteiger partial charge in [0.1, 0.15) is 29.8 Å². The SMILES string of the molecule is COc1ccc(C(O[C@H]2C[C@@H](CO)N(C(=O)CCCCO[C@@H]3OC(COC(=O)c4ccccc4)[C@H](OC(=O)c4ccccc4)[C@H](OC(=O)c4ccccc4)C3OC(=O)c3ccccc3)C2)(c2ccccc2)c2ccc(OC)cc2)cc1. The Labute approximate surface area is 470 Å².